The summed E-state index contributed by atoms with van der Waals surface area (Å²) in [4.78, 5) is 0. The van der Waals surface area contributed by atoms with Crippen molar-refractivity contribution >= 4 is 0 Å². The average molecular weight is 240 g/mol. The molecule has 0 aliphatic rings. The molecule has 0 radical (unpaired) electrons. The molecule has 0 saturated heterocycles. The summed E-state index contributed by atoms with van der Waals surface area (Å²) in [6.45, 7) is 1.96. The number of hydrogen-bond acceptors (Lipinski definition) is 4. The predicted octanol–water partition coefficient (Wildman–Crippen LogP) is 1.90. The molecule has 2 atom stereocenters. The van der Waals surface area contributed by atoms with E-state index in [0.717, 1.165) is 6.42 Å². The maximum Gasteiger partial charge on any atom is 0.122 e. The average Bonchev–Trinajstić information content (AvgIpc) is 2.37. The van der Waals surface area contributed by atoms with E-state index >= 15 is 0 Å². The maximum atomic E-state index is 10.00. The molecule has 0 heterocycles. The standard InChI is InChI=1S/C13H20O4/c1-4-5-12(14)13(15)9-6-10(16-2)8-11(7-9)17-3/h6-8,12-15H,4-5H2,1-3H3/t12-,13-/m1/s1. The molecule has 0 amide bonds. The lowest BCUT2D eigenvalue weighted by atomic mass is 10.0. The van der Waals surface area contributed by atoms with Crippen LogP contribution in [0.3, 0.4) is 0 Å². The van der Waals surface area contributed by atoms with Crippen molar-refractivity contribution in [2.45, 2.75) is 32.0 Å². The fraction of sp³-hybridized carbons (Fsp3) is 0.538. The van der Waals surface area contributed by atoms with Crippen molar-refractivity contribution in [2.24, 2.45) is 0 Å². The smallest absolute Gasteiger partial charge is 0.122 e. The summed E-state index contributed by atoms with van der Waals surface area (Å²) < 4.78 is 10.2. The van der Waals surface area contributed by atoms with E-state index in [1.165, 1.54) is 0 Å². The SMILES string of the molecule is CCC[C@@H](O)[C@H](O)c1cc(OC)cc(OC)c1. The van der Waals surface area contributed by atoms with Crippen molar-refractivity contribution < 1.29 is 19.7 Å². The van der Waals surface area contributed by atoms with Crippen LogP contribution < -0.4 is 9.47 Å². The number of rotatable bonds is 6. The van der Waals surface area contributed by atoms with Gasteiger partial charge >= 0.3 is 0 Å². The van der Waals surface area contributed by atoms with E-state index in [4.69, 9.17) is 9.47 Å². The Hall–Kier alpha value is -1.26. The topological polar surface area (TPSA) is 58.9 Å². The molecule has 0 fully saturated rings. The van der Waals surface area contributed by atoms with E-state index in [9.17, 15) is 10.2 Å². The number of ether oxygens (including phenoxy) is 2. The first kappa shape index (κ1) is 13.8. The molecule has 0 aromatic heterocycles. The minimum Gasteiger partial charge on any atom is -0.497 e. The van der Waals surface area contributed by atoms with Gasteiger partial charge in [-0.05, 0) is 24.1 Å². The van der Waals surface area contributed by atoms with Gasteiger partial charge in [0.1, 0.15) is 17.6 Å². The summed E-state index contributed by atoms with van der Waals surface area (Å²) in [5.74, 6) is 1.20. The van der Waals surface area contributed by atoms with E-state index in [1.807, 2.05) is 6.92 Å². The van der Waals surface area contributed by atoms with Crippen LogP contribution in [-0.2, 0) is 0 Å². The van der Waals surface area contributed by atoms with Crippen molar-refractivity contribution in [1.82, 2.24) is 0 Å². The van der Waals surface area contributed by atoms with Crippen LogP contribution in [-0.4, -0.2) is 30.5 Å². The van der Waals surface area contributed by atoms with E-state index < -0.39 is 12.2 Å². The molecule has 0 bridgehead atoms. The van der Waals surface area contributed by atoms with Crippen LogP contribution in [0, 0.1) is 0 Å². The summed E-state index contributed by atoms with van der Waals surface area (Å²) in [7, 11) is 3.10. The Labute approximate surface area is 102 Å². The number of benzene rings is 1. The lowest BCUT2D eigenvalue weighted by Crippen LogP contribution is -2.17. The van der Waals surface area contributed by atoms with Gasteiger partial charge in [-0.3, -0.25) is 0 Å². The van der Waals surface area contributed by atoms with Gasteiger partial charge in [-0.25, -0.2) is 0 Å². The van der Waals surface area contributed by atoms with Crippen molar-refractivity contribution in [3.05, 3.63) is 23.8 Å². The van der Waals surface area contributed by atoms with E-state index in [2.05, 4.69) is 0 Å². The molecule has 1 aromatic carbocycles. The Balaban J connectivity index is 2.95. The zero-order chi connectivity index (χ0) is 12.8. The molecule has 4 nitrogen and oxygen atoms in total. The zero-order valence-corrected chi connectivity index (χ0v) is 10.5. The van der Waals surface area contributed by atoms with Gasteiger partial charge in [0, 0.05) is 6.07 Å². The summed E-state index contributed by atoms with van der Waals surface area (Å²) in [5, 5.41) is 19.8. The molecular weight excluding hydrogens is 220 g/mol. The fourth-order valence-electron chi connectivity index (χ4n) is 1.68. The molecule has 1 aromatic rings. The number of aliphatic hydroxyl groups is 2. The van der Waals surface area contributed by atoms with Crippen molar-refractivity contribution in [3.8, 4) is 11.5 Å². The largest absolute Gasteiger partial charge is 0.497 e. The second-order valence-corrected chi connectivity index (χ2v) is 3.95. The van der Waals surface area contributed by atoms with Gasteiger partial charge in [0.15, 0.2) is 0 Å². The second-order valence-electron chi connectivity index (χ2n) is 3.95. The highest BCUT2D eigenvalue weighted by atomic mass is 16.5. The van der Waals surface area contributed by atoms with Crippen LogP contribution in [0.5, 0.6) is 11.5 Å². The monoisotopic (exact) mass is 240 g/mol. The number of aliphatic hydroxyl groups excluding tert-OH is 2. The number of methoxy groups -OCH3 is 2. The lowest BCUT2D eigenvalue weighted by molar-refractivity contribution is 0.0129. The molecular formula is C13H20O4. The van der Waals surface area contributed by atoms with Crippen molar-refractivity contribution in [1.29, 1.82) is 0 Å². The molecule has 2 N–H and O–H groups in total. The minimum atomic E-state index is -0.918. The summed E-state index contributed by atoms with van der Waals surface area (Å²) >= 11 is 0. The first-order valence-corrected chi connectivity index (χ1v) is 5.71. The zero-order valence-electron chi connectivity index (χ0n) is 10.5. The van der Waals surface area contributed by atoms with Crippen LogP contribution in [0.25, 0.3) is 0 Å². The van der Waals surface area contributed by atoms with Gasteiger partial charge in [-0.15, -0.1) is 0 Å². The van der Waals surface area contributed by atoms with Crippen LogP contribution in [0.4, 0.5) is 0 Å². The van der Waals surface area contributed by atoms with E-state index in [0.29, 0.717) is 23.5 Å². The Morgan fingerprint density at radius 2 is 1.59 bits per heavy atom. The molecule has 0 aliphatic carbocycles. The predicted molar refractivity (Wildman–Crippen MR) is 65.4 cm³/mol. The van der Waals surface area contributed by atoms with Crippen molar-refractivity contribution in [3.63, 3.8) is 0 Å². The highest BCUT2D eigenvalue weighted by molar-refractivity contribution is 5.39. The minimum absolute atomic E-state index is 0.556. The van der Waals surface area contributed by atoms with Crippen LogP contribution in [0.2, 0.25) is 0 Å². The third-order valence-corrected chi connectivity index (χ3v) is 2.66. The van der Waals surface area contributed by atoms with Crippen LogP contribution >= 0.6 is 0 Å². The van der Waals surface area contributed by atoms with Gasteiger partial charge in [0.2, 0.25) is 0 Å². The molecule has 4 heteroatoms. The maximum absolute atomic E-state index is 10.00. The number of hydrogen-bond donors (Lipinski definition) is 2. The van der Waals surface area contributed by atoms with E-state index in [1.54, 1.807) is 32.4 Å². The molecule has 0 aliphatic heterocycles. The first-order valence-electron chi connectivity index (χ1n) is 5.71. The summed E-state index contributed by atoms with van der Waals surface area (Å²) in [6, 6.07) is 5.13. The Bertz CT molecular complexity index is 329. The third kappa shape index (κ3) is 3.61. The molecule has 0 saturated carbocycles. The highest BCUT2D eigenvalue weighted by Crippen LogP contribution is 2.28. The second kappa shape index (κ2) is 6.47. The molecule has 0 spiro atoms. The van der Waals surface area contributed by atoms with Gasteiger partial charge in [-0.2, -0.15) is 0 Å². The van der Waals surface area contributed by atoms with Crippen LogP contribution in [0.15, 0.2) is 18.2 Å². The van der Waals surface area contributed by atoms with Gasteiger partial charge in [0.25, 0.3) is 0 Å². The van der Waals surface area contributed by atoms with Crippen molar-refractivity contribution in [2.75, 3.05) is 14.2 Å². The first-order chi connectivity index (χ1) is 8.12. The summed E-state index contributed by atoms with van der Waals surface area (Å²) in [5.41, 5.74) is 0.599. The lowest BCUT2D eigenvalue weighted by Gasteiger charge is -2.18. The van der Waals surface area contributed by atoms with Gasteiger partial charge in [-0.1, -0.05) is 13.3 Å². The van der Waals surface area contributed by atoms with E-state index in [-0.39, 0.29) is 0 Å². The fourth-order valence-corrected chi connectivity index (χ4v) is 1.68. The summed E-state index contributed by atoms with van der Waals surface area (Å²) in [6.07, 6.45) is -0.309. The van der Waals surface area contributed by atoms with Gasteiger partial charge in [0.05, 0.1) is 20.3 Å². The van der Waals surface area contributed by atoms with Gasteiger partial charge < -0.3 is 19.7 Å². The molecule has 96 valence electrons. The molecule has 17 heavy (non-hydrogen) atoms. The third-order valence-electron chi connectivity index (χ3n) is 2.66. The Kier molecular flexibility index (Phi) is 5.25. The normalized spacial score (nSPS) is 14.2. The molecule has 0 unspecified atom stereocenters. The highest BCUT2D eigenvalue weighted by Gasteiger charge is 2.19. The Morgan fingerprint density at radius 1 is 1.06 bits per heavy atom. The Morgan fingerprint density at radius 3 is 2.00 bits per heavy atom. The van der Waals surface area contributed by atoms with Crippen LogP contribution in [0.1, 0.15) is 31.4 Å². The quantitative estimate of drug-likeness (QED) is 0.797. The molecule has 1 rings (SSSR count).